The predicted octanol–water partition coefficient (Wildman–Crippen LogP) is 1.14. The summed E-state index contributed by atoms with van der Waals surface area (Å²) in [6.45, 7) is 0.560. The summed E-state index contributed by atoms with van der Waals surface area (Å²) in [6.07, 6.45) is 0. The standard InChI is InChI=1S/C14H15BFNO2/c1-17(14-7-3-6-13(16)9-14)10-11-4-2-5-12(8-11)15(18)19/h2-9,18-19H,10H2,1H3. The second-order valence-electron chi connectivity index (χ2n) is 4.45. The van der Waals surface area contributed by atoms with E-state index in [1.807, 2.05) is 24.1 Å². The molecule has 98 valence electrons. The van der Waals surface area contributed by atoms with Crippen LogP contribution in [-0.2, 0) is 6.54 Å². The van der Waals surface area contributed by atoms with Crippen LogP contribution in [0.4, 0.5) is 10.1 Å². The van der Waals surface area contributed by atoms with Crippen LogP contribution in [0.2, 0.25) is 0 Å². The normalized spacial score (nSPS) is 10.3. The van der Waals surface area contributed by atoms with Crippen LogP contribution in [0.5, 0.6) is 0 Å². The number of benzene rings is 2. The van der Waals surface area contributed by atoms with Gasteiger partial charge in [0.25, 0.3) is 0 Å². The molecule has 2 aromatic rings. The molecule has 0 spiro atoms. The molecule has 0 aliphatic rings. The molecule has 0 aliphatic carbocycles. The molecule has 0 aliphatic heterocycles. The summed E-state index contributed by atoms with van der Waals surface area (Å²) >= 11 is 0. The lowest BCUT2D eigenvalue weighted by atomic mass is 9.79. The molecule has 0 radical (unpaired) electrons. The summed E-state index contributed by atoms with van der Waals surface area (Å²) in [5.41, 5.74) is 2.15. The molecule has 0 aromatic heterocycles. The molecule has 0 unspecified atom stereocenters. The maximum atomic E-state index is 13.1. The summed E-state index contributed by atoms with van der Waals surface area (Å²) in [5, 5.41) is 18.3. The minimum absolute atomic E-state index is 0.274. The van der Waals surface area contributed by atoms with E-state index in [0.717, 1.165) is 11.3 Å². The first-order valence-corrected chi connectivity index (χ1v) is 5.98. The van der Waals surface area contributed by atoms with E-state index in [4.69, 9.17) is 10.0 Å². The Balaban J connectivity index is 2.14. The van der Waals surface area contributed by atoms with Crippen LogP contribution in [0.25, 0.3) is 0 Å². The SMILES string of the molecule is CN(Cc1cccc(B(O)O)c1)c1cccc(F)c1. The van der Waals surface area contributed by atoms with Crippen molar-refractivity contribution >= 4 is 18.3 Å². The lowest BCUT2D eigenvalue weighted by Gasteiger charge is -2.19. The van der Waals surface area contributed by atoms with Crippen molar-refractivity contribution in [2.45, 2.75) is 6.54 Å². The van der Waals surface area contributed by atoms with Crippen molar-refractivity contribution < 1.29 is 14.4 Å². The summed E-state index contributed by atoms with van der Waals surface area (Å²) in [6, 6.07) is 13.4. The van der Waals surface area contributed by atoms with Crippen LogP contribution < -0.4 is 10.4 Å². The molecule has 0 amide bonds. The zero-order valence-electron chi connectivity index (χ0n) is 10.6. The summed E-state index contributed by atoms with van der Waals surface area (Å²) in [4.78, 5) is 1.89. The predicted molar refractivity (Wildman–Crippen MR) is 74.8 cm³/mol. The molecule has 0 bridgehead atoms. The second kappa shape index (κ2) is 5.86. The average Bonchev–Trinajstić information content (AvgIpc) is 2.39. The topological polar surface area (TPSA) is 43.7 Å². The second-order valence-corrected chi connectivity index (χ2v) is 4.45. The van der Waals surface area contributed by atoms with E-state index in [1.165, 1.54) is 12.1 Å². The first-order valence-electron chi connectivity index (χ1n) is 5.98. The van der Waals surface area contributed by atoms with Gasteiger partial charge in [0.1, 0.15) is 5.82 Å². The molecule has 0 saturated heterocycles. The Morgan fingerprint density at radius 2 is 1.84 bits per heavy atom. The zero-order chi connectivity index (χ0) is 13.8. The zero-order valence-corrected chi connectivity index (χ0v) is 10.6. The molecule has 19 heavy (non-hydrogen) atoms. The average molecular weight is 259 g/mol. The quantitative estimate of drug-likeness (QED) is 0.809. The van der Waals surface area contributed by atoms with E-state index >= 15 is 0 Å². The summed E-state index contributed by atoms with van der Waals surface area (Å²) in [5.74, 6) is -0.274. The van der Waals surface area contributed by atoms with E-state index in [2.05, 4.69) is 0 Å². The third-order valence-electron chi connectivity index (χ3n) is 2.92. The van der Waals surface area contributed by atoms with Crippen molar-refractivity contribution in [3.8, 4) is 0 Å². The molecule has 2 N–H and O–H groups in total. The van der Waals surface area contributed by atoms with E-state index in [1.54, 1.807) is 24.3 Å². The lowest BCUT2D eigenvalue weighted by Crippen LogP contribution is -2.30. The Bertz CT molecular complexity index is 563. The van der Waals surface area contributed by atoms with Gasteiger partial charge in [0.2, 0.25) is 0 Å². The highest BCUT2D eigenvalue weighted by Crippen LogP contribution is 2.16. The van der Waals surface area contributed by atoms with Crippen molar-refractivity contribution in [3.05, 3.63) is 59.9 Å². The molecule has 5 heteroatoms. The Labute approximate surface area is 112 Å². The molecular weight excluding hydrogens is 244 g/mol. The number of hydrogen-bond donors (Lipinski definition) is 2. The van der Waals surface area contributed by atoms with Crippen molar-refractivity contribution in [1.82, 2.24) is 0 Å². The van der Waals surface area contributed by atoms with Gasteiger partial charge in [0.15, 0.2) is 0 Å². The minimum Gasteiger partial charge on any atom is -0.423 e. The van der Waals surface area contributed by atoms with Gasteiger partial charge in [-0.15, -0.1) is 0 Å². The highest BCUT2D eigenvalue weighted by Gasteiger charge is 2.11. The Morgan fingerprint density at radius 1 is 1.11 bits per heavy atom. The van der Waals surface area contributed by atoms with Gasteiger partial charge in [-0.05, 0) is 29.2 Å². The fourth-order valence-electron chi connectivity index (χ4n) is 1.93. The molecule has 3 nitrogen and oxygen atoms in total. The van der Waals surface area contributed by atoms with Crippen molar-refractivity contribution in [1.29, 1.82) is 0 Å². The van der Waals surface area contributed by atoms with Crippen molar-refractivity contribution in [2.24, 2.45) is 0 Å². The highest BCUT2D eigenvalue weighted by molar-refractivity contribution is 6.58. The van der Waals surface area contributed by atoms with Crippen molar-refractivity contribution in [3.63, 3.8) is 0 Å². The van der Waals surface area contributed by atoms with Crippen LogP contribution in [0.15, 0.2) is 48.5 Å². The smallest absolute Gasteiger partial charge is 0.423 e. The maximum absolute atomic E-state index is 13.1. The van der Waals surface area contributed by atoms with Crippen LogP contribution in [0.1, 0.15) is 5.56 Å². The van der Waals surface area contributed by atoms with Crippen molar-refractivity contribution in [2.75, 3.05) is 11.9 Å². The number of halogens is 1. The Kier molecular flexibility index (Phi) is 4.19. The monoisotopic (exact) mass is 259 g/mol. The fourth-order valence-corrected chi connectivity index (χ4v) is 1.93. The van der Waals surface area contributed by atoms with Crippen LogP contribution in [0, 0.1) is 5.82 Å². The highest BCUT2D eigenvalue weighted by atomic mass is 19.1. The maximum Gasteiger partial charge on any atom is 0.488 e. The van der Waals surface area contributed by atoms with E-state index in [-0.39, 0.29) is 5.82 Å². The number of anilines is 1. The Morgan fingerprint density at radius 3 is 2.53 bits per heavy atom. The van der Waals surface area contributed by atoms with E-state index in [9.17, 15) is 4.39 Å². The lowest BCUT2D eigenvalue weighted by molar-refractivity contribution is 0.425. The van der Waals surface area contributed by atoms with E-state index < -0.39 is 7.12 Å². The van der Waals surface area contributed by atoms with Gasteiger partial charge in [0.05, 0.1) is 0 Å². The molecule has 0 fully saturated rings. The van der Waals surface area contributed by atoms with E-state index in [0.29, 0.717) is 12.0 Å². The van der Waals surface area contributed by atoms with Gasteiger partial charge in [-0.3, -0.25) is 0 Å². The fraction of sp³-hybridized carbons (Fsp3) is 0.143. The summed E-state index contributed by atoms with van der Waals surface area (Å²) in [7, 11) is 0.385. The first-order chi connectivity index (χ1) is 9.06. The number of nitrogens with zero attached hydrogens (tertiary/aromatic N) is 1. The molecule has 0 saturated carbocycles. The molecule has 2 rings (SSSR count). The van der Waals surface area contributed by atoms with Crippen LogP contribution in [0.3, 0.4) is 0 Å². The third-order valence-corrected chi connectivity index (χ3v) is 2.92. The molecular formula is C14H15BFNO2. The molecule has 0 atom stereocenters. The van der Waals surface area contributed by atoms with Gasteiger partial charge in [-0.25, -0.2) is 4.39 Å². The van der Waals surface area contributed by atoms with Gasteiger partial charge >= 0.3 is 7.12 Å². The largest absolute Gasteiger partial charge is 0.488 e. The van der Waals surface area contributed by atoms with Crippen LogP contribution in [-0.4, -0.2) is 24.2 Å². The molecule has 2 aromatic carbocycles. The number of hydrogen-bond acceptors (Lipinski definition) is 3. The molecule has 0 heterocycles. The minimum atomic E-state index is -1.47. The number of rotatable bonds is 4. The third kappa shape index (κ3) is 3.56. The van der Waals surface area contributed by atoms with Gasteiger partial charge in [-0.2, -0.15) is 0 Å². The van der Waals surface area contributed by atoms with Gasteiger partial charge < -0.3 is 14.9 Å². The summed E-state index contributed by atoms with van der Waals surface area (Å²) < 4.78 is 13.1. The first kappa shape index (κ1) is 13.6. The van der Waals surface area contributed by atoms with Gasteiger partial charge in [-0.1, -0.05) is 30.3 Å². The van der Waals surface area contributed by atoms with Gasteiger partial charge in [0, 0.05) is 19.3 Å². The Hall–Kier alpha value is -1.85. The van der Waals surface area contributed by atoms with Crippen LogP contribution >= 0.6 is 0 Å².